The molecule has 2 N–H and O–H groups in total. The molecule has 1 fully saturated rings. The Morgan fingerprint density at radius 2 is 1.59 bits per heavy atom. The second-order valence-corrected chi connectivity index (χ2v) is 10.9. The van der Waals surface area contributed by atoms with Gasteiger partial charge in [-0.3, -0.25) is 4.79 Å². The van der Waals surface area contributed by atoms with Gasteiger partial charge in [0.05, 0.1) is 5.57 Å². The monoisotopic (exact) mass is 519 g/mol. The van der Waals surface area contributed by atoms with Crippen molar-refractivity contribution in [1.29, 1.82) is 0 Å². The van der Waals surface area contributed by atoms with E-state index in [4.69, 9.17) is 4.74 Å². The van der Waals surface area contributed by atoms with E-state index >= 15 is 0 Å². The molecule has 3 aliphatic rings. The highest BCUT2D eigenvalue weighted by atomic mass is 16.5. The van der Waals surface area contributed by atoms with Gasteiger partial charge in [0.1, 0.15) is 11.9 Å². The average molecular weight is 520 g/mol. The molecule has 5 heteroatoms. The molecule has 0 aromatic heterocycles. The van der Waals surface area contributed by atoms with E-state index in [-0.39, 0.29) is 29.5 Å². The number of benzene rings is 3. The quantitative estimate of drug-likeness (QED) is 0.359. The number of ketones is 1. The Morgan fingerprint density at radius 1 is 0.872 bits per heavy atom. The highest BCUT2D eigenvalue weighted by Gasteiger charge is 2.42. The molecule has 3 aromatic carbocycles. The molecule has 0 amide bonds. The number of nitrogens with one attached hydrogen (secondary N) is 1. The Hall–Kier alpha value is -4.12. The van der Waals surface area contributed by atoms with E-state index in [0.29, 0.717) is 29.7 Å². The van der Waals surface area contributed by atoms with Gasteiger partial charge in [0.25, 0.3) is 0 Å². The van der Waals surface area contributed by atoms with Gasteiger partial charge >= 0.3 is 5.97 Å². The van der Waals surface area contributed by atoms with Crippen LogP contribution in [0.2, 0.25) is 0 Å². The number of aromatic hydroxyl groups is 1. The number of carbonyl (C=O) groups excluding carboxylic acids is 2. The third-order valence-electron chi connectivity index (χ3n) is 8.32. The number of phenolic OH excluding ortho intramolecular Hbond substituents is 1. The molecule has 1 heterocycles. The van der Waals surface area contributed by atoms with Gasteiger partial charge in [0, 0.05) is 29.3 Å². The van der Waals surface area contributed by atoms with Gasteiger partial charge in [0.15, 0.2) is 5.78 Å². The van der Waals surface area contributed by atoms with Crippen LogP contribution < -0.4 is 5.32 Å². The van der Waals surface area contributed by atoms with Crippen molar-refractivity contribution < 1.29 is 19.4 Å². The van der Waals surface area contributed by atoms with Crippen LogP contribution in [0.5, 0.6) is 5.75 Å². The molecule has 0 radical (unpaired) electrons. The summed E-state index contributed by atoms with van der Waals surface area (Å²) in [5.74, 6) is -0.783. The normalized spacial score (nSPS) is 21.5. The fourth-order valence-corrected chi connectivity index (χ4v) is 6.38. The summed E-state index contributed by atoms with van der Waals surface area (Å²) >= 11 is 0. The van der Waals surface area contributed by atoms with Gasteiger partial charge in [-0.25, -0.2) is 4.79 Å². The minimum Gasteiger partial charge on any atom is -0.508 e. The van der Waals surface area contributed by atoms with Gasteiger partial charge in [-0.05, 0) is 79.3 Å². The topological polar surface area (TPSA) is 75.6 Å². The predicted octanol–water partition coefficient (Wildman–Crippen LogP) is 6.91. The van der Waals surface area contributed by atoms with Crippen molar-refractivity contribution in [3.8, 4) is 16.9 Å². The lowest BCUT2D eigenvalue weighted by Gasteiger charge is -2.37. The van der Waals surface area contributed by atoms with Crippen molar-refractivity contribution >= 4 is 11.8 Å². The number of Topliss-reactive ketones (excluding diaryl/α,β-unsaturated/α-hetero) is 1. The first-order chi connectivity index (χ1) is 19.0. The van der Waals surface area contributed by atoms with Crippen molar-refractivity contribution in [2.75, 3.05) is 0 Å². The molecule has 2 unspecified atom stereocenters. The molecule has 0 bridgehead atoms. The predicted molar refractivity (Wildman–Crippen MR) is 151 cm³/mol. The van der Waals surface area contributed by atoms with E-state index in [1.807, 2.05) is 31.2 Å². The molecule has 3 aromatic rings. The number of rotatable bonds is 5. The molecule has 2 atom stereocenters. The van der Waals surface area contributed by atoms with Crippen LogP contribution in [0, 0.1) is 0 Å². The summed E-state index contributed by atoms with van der Waals surface area (Å²) in [7, 11) is 0. The average Bonchev–Trinajstić information content (AvgIpc) is 3.45. The van der Waals surface area contributed by atoms with Crippen LogP contribution in [-0.2, 0) is 14.3 Å². The zero-order valence-electron chi connectivity index (χ0n) is 22.2. The molecule has 0 spiro atoms. The Bertz CT molecular complexity index is 1460. The van der Waals surface area contributed by atoms with Crippen LogP contribution in [0.25, 0.3) is 11.1 Å². The first kappa shape index (κ1) is 25.2. The molecule has 0 saturated heterocycles. The van der Waals surface area contributed by atoms with E-state index in [2.05, 4.69) is 41.7 Å². The largest absolute Gasteiger partial charge is 0.508 e. The number of allylic oxidation sites excluding steroid dienone is 3. The highest BCUT2D eigenvalue weighted by Crippen LogP contribution is 2.46. The van der Waals surface area contributed by atoms with Crippen LogP contribution in [0.15, 0.2) is 101 Å². The van der Waals surface area contributed by atoms with Crippen molar-refractivity contribution in [1.82, 2.24) is 5.32 Å². The molecule has 1 saturated carbocycles. The second-order valence-electron chi connectivity index (χ2n) is 10.9. The molecule has 5 nitrogen and oxygen atoms in total. The number of esters is 1. The summed E-state index contributed by atoms with van der Waals surface area (Å²) in [5, 5.41) is 13.7. The van der Waals surface area contributed by atoms with Crippen molar-refractivity contribution in [2.24, 2.45) is 0 Å². The number of dihydropyridines is 1. The number of hydrogen-bond acceptors (Lipinski definition) is 5. The van der Waals surface area contributed by atoms with E-state index < -0.39 is 5.92 Å². The number of ether oxygens (including phenoxy) is 1. The Balaban J connectivity index is 1.33. The molecule has 1 aliphatic heterocycles. The van der Waals surface area contributed by atoms with Gasteiger partial charge in [0.2, 0.25) is 0 Å². The molecular weight excluding hydrogens is 486 g/mol. The van der Waals surface area contributed by atoms with Crippen LogP contribution in [0.4, 0.5) is 0 Å². The van der Waals surface area contributed by atoms with E-state index in [1.165, 1.54) is 0 Å². The minimum atomic E-state index is -0.573. The SMILES string of the molecule is CC1=C(C(=O)OC2CCCC2)C(c2cccc(O)c2)C2=C(CC(c3ccc(-c4ccccc4)cc3)CC2=O)N1. The van der Waals surface area contributed by atoms with E-state index in [1.54, 1.807) is 18.2 Å². The summed E-state index contributed by atoms with van der Waals surface area (Å²) < 4.78 is 5.92. The standard InChI is InChI=1S/C34H33NO4/c1-21-31(34(38)39-28-12-5-6-13-28)32(25-10-7-11-27(36)18-25)33-29(35-21)19-26(20-30(33)37)24-16-14-23(15-17-24)22-8-3-2-4-9-22/h2-4,7-11,14-18,26,28,32,35-36H,5-6,12-13,19-20H2,1H3. The van der Waals surface area contributed by atoms with Gasteiger partial charge < -0.3 is 15.2 Å². The minimum absolute atomic E-state index is 0.0212. The van der Waals surface area contributed by atoms with E-state index in [0.717, 1.165) is 53.6 Å². The fraction of sp³-hybridized carbons (Fsp3) is 0.294. The maximum absolute atomic E-state index is 13.9. The van der Waals surface area contributed by atoms with Gasteiger partial charge in [-0.2, -0.15) is 0 Å². The van der Waals surface area contributed by atoms with E-state index in [9.17, 15) is 14.7 Å². The molecule has 39 heavy (non-hydrogen) atoms. The van der Waals surface area contributed by atoms with Crippen molar-refractivity contribution in [3.05, 3.63) is 113 Å². The summed E-state index contributed by atoms with van der Waals surface area (Å²) in [6.07, 6.45) is 4.83. The number of carbonyl (C=O) groups is 2. The first-order valence-corrected chi connectivity index (χ1v) is 13.9. The summed E-state index contributed by atoms with van der Waals surface area (Å²) in [4.78, 5) is 27.4. The smallest absolute Gasteiger partial charge is 0.337 e. The summed E-state index contributed by atoms with van der Waals surface area (Å²) in [6.45, 7) is 1.88. The maximum atomic E-state index is 13.9. The maximum Gasteiger partial charge on any atom is 0.337 e. The number of phenols is 1. The van der Waals surface area contributed by atoms with Crippen LogP contribution >= 0.6 is 0 Å². The Morgan fingerprint density at radius 3 is 2.31 bits per heavy atom. The lowest BCUT2D eigenvalue weighted by Crippen LogP contribution is -2.36. The lowest BCUT2D eigenvalue weighted by atomic mass is 9.71. The third-order valence-corrected chi connectivity index (χ3v) is 8.32. The van der Waals surface area contributed by atoms with Crippen LogP contribution in [0.1, 0.15) is 68.4 Å². The van der Waals surface area contributed by atoms with Crippen LogP contribution in [-0.4, -0.2) is 23.0 Å². The number of hydrogen-bond donors (Lipinski definition) is 2. The lowest BCUT2D eigenvalue weighted by molar-refractivity contribution is -0.144. The fourth-order valence-electron chi connectivity index (χ4n) is 6.38. The molecular formula is C34H33NO4. The van der Waals surface area contributed by atoms with Crippen molar-refractivity contribution in [3.63, 3.8) is 0 Å². The first-order valence-electron chi connectivity index (χ1n) is 13.9. The van der Waals surface area contributed by atoms with Gasteiger partial charge in [-0.15, -0.1) is 0 Å². The molecule has 6 rings (SSSR count). The summed E-state index contributed by atoms with van der Waals surface area (Å²) in [5.41, 5.74) is 6.79. The summed E-state index contributed by atoms with van der Waals surface area (Å²) in [6, 6.07) is 25.6. The zero-order chi connectivity index (χ0) is 26.9. The third kappa shape index (κ3) is 5.01. The van der Waals surface area contributed by atoms with Crippen molar-refractivity contribution in [2.45, 2.75) is 63.4 Å². The van der Waals surface area contributed by atoms with Gasteiger partial charge in [-0.1, -0.05) is 66.7 Å². The molecule has 2 aliphatic carbocycles. The second kappa shape index (κ2) is 10.6. The van der Waals surface area contributed by atoms with Crippen LogP contribution in [0.3, 0.4) is 0 Å². The molecule has 198 valence electrons. The zero-order valence-corrected chi connectivity index (χ0v) is 22.2. The Labute approximate surface area is 229 Å². The Kier molecular flexibility index (Phi) is 6.82. The highest BCUT2D eigenvalue weighted by molar-refractivity contribution is 6.04.